The number of carbonyl (C=O) groups is 2. The smallest absolute Gasteiger partial charge is 0.318 e. The second-order valence-electron chi connectivity index (χ2n) is 5.58. The highest BCUT2D eigenvalue weighted by molar-refractivity contribution is 5.93. The molecule has 0 radical (unpaired) electrons. The number of rotatable bonds is 6. The molecule has 3 amide bonds. The van der Waals surface area contributed by atoms with Crippen LogP contribution in [0.4, 0.5) is 4.79 Å². The fourth-order valence-corrected chi connectivity index (χ4v) is 2.70. The number of urea groups is 1. The van der Waals surface area contributed by atoms with Crippen molar-refractivity contribution in [2.24, 2.45) is 11.7 Å². The summed E-state index contributed by atoms with van der Waals surface area (Å²) in [5.74, 6) is 0.463. The normalized spacial score (nSPS) is 20.5. The van der Waals surface area contributed by atoms with Crippen LogP contribution in [-0.4, -0.2) is 49.1 Å². The monoisotopic (exact) mass is 268 g/mol. The van der Waals surface area contributed by atoms with Gasteiger partial charge in [0.05, 0.1) is 0 Å². The average Bonchev–Trinajstić information content (AvgIpc) is 3.19. The number of nitrogens with zero attached hydrogens (tertiary/aromatic N) is 1. The topological polar surface area (TPSA) is 87.5 Å². The SMILES string of the molecule is NC(=O)NC(=O)CCN(CC1CCNCC1)C1CC1. The van der Waals surface area contributed by atoms with Crippen LogP contribution in [0.15, 0.2) is 0 Å². The molecule has 6 nitrogen and oxygen atoms in total. The molecule has 1 aliphatic heterocycles. The number of amides is 3. The number of imide groups is 1. The van der Waals surface area contributed by atoms with Crippen LogP contribution in [0.3, 0.4) is 0 Å². The Morgan fingerprint density at radius 3 is 2.47 bits per heavy atom. The van der Waals surface area contributed by atoms with Crippen molar-refractivity contribution in [2.75, 3.05) is 26.2 Å². The van der Waals surface area contributed by atoms with Crippen LogP contribution in [0.2, 0.25) is 0 Å². The van der Waals surface area contributed by atoms with Gasteiger partial charge in [-0.05, 0) is 44.7 Å². The molecule has 19 heavy (non-hydrogen) atoms. The van der Waals surface area contributed by atoms with Crippen LogP contribution in [0.1, 0.15) is 32.1 Å². The number of nitrogens with two attached hydrogens (primary N) is 1. The molecule has 108 valence electrons. The van der Waals surface area contributed by atoms with Crippen molar-refractivity contribution in [3.63, 3.8) is 0 Å². The highest BCUT2D eigenvalue weighted by Crippen LogP contribution is 2.28. The van der Waals surface area contributed by atoms with E-state index in [4.69, 9.17) is 5.73 Å². The maximum atomic E-state index is 11.4. The summed E-state index contributed by atoms with van der Waals surface area (Å²) in [7, 11) is 0. The number of hydrogen-bond acceptors (Lipinski definition) is 4. The number of piperidine rings is 1. The Morgan fingerprint density at radius 1 is 1.21 bits per heavy atom. The van der Waals surface area contributed by atoms with E-state index < -0.39 is 6.03 Å². The van der Waals surface area contributed by atoms with Crippen molar-refractivity contribution in [1.29, 1.82) is 0 Å². The van der Waals surface area contributed by atoms with Crippen LogP contribution in [-0.2, 0) is 4.79 Å². The lowest BCUT2D eigenvalue weighted by atomic mass is 9.97. The van der Waals surface area contributed by atoms with E-state index in [9.17, 15) is 9.59 Å². The third-order valence-electron chi connectivity index (χ3n) is 3.90. The molecule has 2 aliphatic rings. The molecular weight excluding hydrogens is 244 g/mol. The molecule has 0 aromatic carbocycles. The van der Waals surface area contributed by atoms with Crippen molar-refractivity contribution in [2.45, 2.75) is 38.1 Å². The standard InChI is InChI=1S/C13H24N4O2/c14-13(19)16-12(18)5-8-17(11-1-2-11)9-10-3-6-15-7-4-10/h10-11,15H,1-9H2,(H3,14,16,18,19). The predicted octanol–water partition coefficient (Wildman–Crippen LogP) is 0.0354. The van der Waals surface area contributed by atoms with Crippen molar-refractivity contribution in [3.05, 3.63) is 0 Å². The molecule has 0 unspecified atom stereocenters. The van der Waals surface area contributed by atoms with Gasteiger partial charge < -0.3 is 11.1 Å². The lowest BCUT2D eigenvalue weighted by molar-refractivity contribution is -0.120. The molecule has 0 aromatic rings. The van der Waals surface area contributed by atoms with Gasteiger partial charge in [0.15, 0.2) is 0 Å². The first-order valence-corrected chi connectivity index (χ1v) is 7.19. The first kappa shape index (κ1) is 14.3. The lowest BCUT2D eigenvalue weighted by Crippen LogP contribution is -2.40. The zero-order chi connectivity index (χ0) is 13.7. The highest BCUT2D eigenvalue weighted by Gasteiger charge is 2.30. The molecule has 0 aromatic heterocycles. The van der Waals surface area contributed by atoms with E-state index >= 15 is 0 Å². The van der Waals surface area contributed by atoms with Gasteiger partial charge in [-0.25, -0.2) is 4.79 Å². The largest absolute Gasteiger partial charge is 0.351 e. The number of nitrogens with one attached hydrogen (secondary N) is 2. The molecule has 0 spiro atoms. The van der Waals surface area contributed by atoms with E-state index in [1.54, 1.807) is 0 Å². The number of carbonyl (C=O) groups excluding carboxylic acids is 2. The minimum absolute atomic E-state index is 0.275. The summed E-state index contributed by atoms with van der Waals surface area (Å²) in [6, 6.07) is -0.113. The van der Waals surface area contributed by atoms with E-state index in [0.717, 1.165) is 32.1 Å². The van der Waals surface area contributed by atoms with E-state index in [1.165, 1.54) is 25.7 Å². The average molecular weight is 268 g/mol. The van der Waals surface area contributed by atoms with Crippen LogP contribution in [0, 0.1) is 5.92 Å². The Labute approximate surface area is 114 Å². The molecule has 0 atom stereocenters. The Morgan fingerprint density at radius 2 is 1.89 bits per heavy atom. The summed E-state index contributed by atoms with van der Waals surface area (Å²) in [4.78, 5) is 24.4. The minimum atomic E-state index is -0.763. The van der Waals surface area contributed by atoms with Gasteiger partial charge in [-0.1, -0.05) is 0 Å². The molecule has 6 heteroatoms. The molecule has 1 saturated heterocycles. The summed E-state index contributed by atoms with van der Waals surface area (Å²) < 4.78 is 0. The molecular formula is C13H24N4O2. The number of hydrogen-bond donors (Lipinski definition) is 3. The van der Waals surface area contributed by atoms with Crippen molar-refractivity contribution >= 4 is 11.9 Å². The summed E-state index contributed by atoms with van der Waals surface area (Å²) in [6.45, 7) is 4.01. The van der Waals surface area contributed by atoms with E-state index in [2.05, 4.69) is 15.5 Å². The molecule has 1 aliphatic carbocycles. The zero-order valence-electron chi connectivity index (χ0n) is 11.4. The molecule has 4 N–H and O–H groups in total. The molecule has 1 heterocycles. The Kier molecular flexibility index (Phi) is 5.15. The number of primary amides is 1. The van der Waals surface area contributed by atoms with Crippen LogP contribution < -0.4 is 16.4 Å². The van der Waals surface area contributed by atoms with E-state index in [0.29, 0.717) is 12.5 Å². The van der Waals surface area contributed by atoms with E-state index in [-0.39, 0.29) is 5.91 Å². The predicted molar refractivity (Wildman–Crippen MR) is 72.5 cm³/mol. The third kappa shape index (κ3) is 5.16. The van der Waals surface area contributed by atoms with E-state index in [1.807, 2.05) is 0 Å². The molecule has 2 fully saturated rings. The van der Waals surface area contributed by atoms with Crippen molar-refractivity contribution in [1.82, 2.24) is 15.5 Å². The first-order valence-electron chi connectivity index (χ1n) is 7.19. The molecule has 0 bridgehead atoms. The lowest BCUT2D eigenvalue weighted by Gasteiger charge is -2.30. The van der Waals surface area contributed by atoms with Gasteiger partial charge in [0.2, 0.25) is 5.91 Å². The van der Waals surface area contributed by atoms with Gasteiger partial charge in [0, 0.05) is 25.6 Å². The van der Waals surface area contributed by atoms with Crippen LogP contribution in [0.5, 0.6) is 0 Å². The summed E-state index contributed by atoms with van der Waals surface area (Å²) >= 11 is 0. The molecule has 1 saturated carbocycles. The second kappa shape index (κ2) is 6.86. The van der Waals surface area contributed by atoms with Crippen LogP contribution >= 0.6 is 0 Å². The van der Waals surface area contributed by atoms with Gasteiger partial charge >= 0.3 is 6.03 Å². The Hall–Kier alpha value is -1.14. The minimum Gasteiger partial charge on any atom is -0.351 e. The van der Waals surface area contributed by atoms with Crippen molar-refractivity contribution in [3.8, 4) is 0 Å². The second-order valence-corrected chi connectivity index (χ2v) is 5.58. The van der Waals surface area contributed by atoms with Gasteiger partial charge in [-0.2, -0.15) is 0 Å². The quantitative estimate of drug-likeness (QED) is 0.634. The van der Waals surface area contributed by atoms with Gasteiger partial charge in [-0.3, -0.25) is 15.0 Å². The van der Waals surface area contributed by atoms with Crippen LogP contribution in [0.25, 0.3) is 0 Å². The van der Waals surface area contributed by atoms with Gasteiger partial charge in [0.1, 0.15) is 0 Å². The highest BCUT2D eigenvalue weighted by atomic mass is 16.2. The summed E-state index contributed by atoms with van der Waals surface area (Å²) in [6.07, 6.45) is 5.27. The summed E-state index contributed by atoms with van der Waals surface area (Å²) in [5, 5.41) is 5.49. The molecule has 2 rings (SSSR count). The van der Waals surface area contributed by atoms with Crippen molar-refractivity contribution < 1.29 is 9.59 Å². The van der Waals surface area contributed by atoms with Gasteiger partial charge in [-0.15, -0.1) is 0 Å². The fourth-order valence-electron chi connectivity index (χ4n) is 2.70. The van der Waals surface area contributed by atoms with Gasteiger partial charge in [0.25, 0.3) is 0 Å². The first-order chi connectivity index (χ1) is 9.15. The summed E-state index contributed by atoms with van der Waals surface area (Å²) in [5.41, 5.74) is 4.93. The third-order valence-corrected chi connectivity index (χ3v) is 3.90. The zero-order valence-corrected chi connectivity index (χ0v) is 11.4. The Bertz CT molecular complexity index is 325. The fraction of sp³-hybridized carbons (Fsp3) is 0.846. The maximum Gasteiger partial charge on any atom is 0.318 e. The maximum absolute atomic E-state index is 11.4. The Balaban J connectivity index is 1.73.